The summed E-state index contributed by atoms with van der Waals surface area (Å²) < 4.78 is 1.75. The number of aromatic amines is 1. The van der Waals surface area contributed by atoms with Crippen LogP contribution in [0.3, 0.4) is 0 Å². The summed E-state index contributed by atoms with van der Waals surface area (Å²) in [5.41, 5.74) is 8.60. The fourth-order valence-electron chi connectivity index (χ4n) is 5.60. The van der Waals surface area contributed by atoms with Crippen molar-refractivity contribution in [1.29, 1.82) is 0 Å². The summed E-state index contributed by atoms with van der Waals surface area (Å²) in [6, 6.07) is 6.80. The molecule has 2 aromatic heterocycles. The van der Waals surface area contributed by atoms with Crippen molar-refractivity contribution in [3.63, 3.8) is 0 Å². The van der Waals surface area contributed by atoms with Gasteiger partial charge in [0.2, 0.25) is 0 Å². The number of carbonyl (C=O) groups excluding carboxylic acids is 1. The Labute approximate surface area is 177 Å². The lowest BCUT2D eigenvalue weighted by molar-refractivity contribution is -0.120. The van der Waals surface area contributed by atoms with Crippen molar-refractivity contribution >= 4 is 16.7 Å². The van der Waals surface area contributed by atoms with Crippen LogP contribution in [-0.2, 0) is 24.7 Å². The van der Waals surface area contributed by atoms with E-state index in [1.807, 2.05) is 13.2 Å². The molecule has 4 heteroatoms. The predicted molar refractivity (Wildman–Crippen MR) is 121 cm³/mol. The number of H-pyrrole nitrogens is 1. The van der Waals surface area contributed by atoms with E-state index in [1.54, 1.807) is 4.57 Å². The molecule has 4 nitrogen and oxygen atoms in total. The van der Waals surface area contributed by atoms with E-state index < -0.39 is 0 Å². The van der Waals surface area contributed by atoms with Crippen molar-refractivity contribution in [2.24, 2.45) is 7.05 Å². The van der Waals surface area contributed by atoms with Crippen LogP contribution in [0.1, 0.15) is 80.0 Å². The van der Waals surface area contributed by atoms with E-state index in [9.17, 15) is 9.59 Å². The van der Waals surface area contributed by atoms with Gasteiger partial charge >= 0.3 is 0 Å². The largest absolute Gasteiger partial charge is 0.354 e. The molecule has 156 valence electrons. The summed E-state index contributed by atoms with van der Waals surface area (Å²) in [4.78, 5) is 28.0. The van der Waals surface area contributed by atoms with Crippen LogP contribution >= 0.6 is 0 Å². The third-order valence-corrected chi connectivity index (χ3v) is 7.17. The number of hydrogen-bond donors (Lipinski definition) is 1. The Hall–Kier alpha value is -2.62. The summed E-state index contributed by atoms with van der Waals surface area (Å²) in [7, 11) is 1.87. The zero-order chi connectivity index (χ0) is 21.0. The number of rotatable bonds is 3. The lowest BCUT2D eigenvalue weighted by Gasteiger charge is -2.21. The number of fused-ring (bicyclic) bond motifs is 2. The quantitative estimate of drug-likeness (QED) is 0.640. The standard InChI is InChI=1S/C26H30N2O2/c1-15(2)24-21-13-17(16-7-10-18(29)11-8-16)9-12-23(21)27-25(24)22-14-28(3)26(30)20-6-4-5-19(20)22/h9,12-16,27H,4-8,10-11H2,1-3H3. The van der Waals surface area contributed by atoms with Crippen LogP contribution in [0.4, 0.5) is 0 Å². The molecule has 5 rings (SSSR count). The summed E-state index contributed by atoms with van der Waals surface area (Å²) in [6.07, 6.45) is 8.30. The molecule has 0 amide bonds. The number of aryl methyl sites for hydroxylation is 1. The summed E-state index contributed by atoms with van der Waals surface area (Å²) >= 11 is 0. The molecule has 0 radical (unpaired) electrons. The molecule has 1 fully saturated rings. The summed E-state index contributed by atoms with van der Waals surface area (Å²) in [5.74, 6) is 1.25. The smallest absolute Gasteiger partial charge is 0.253 e. The first-order valence-electron chi connectivity index (χ1n) is 11.3. The van der Waals surface area contributed by atoms with Gasteiger partial charge in [0.05, 0.1) is 5.69 Å². The summed E-state index contributed by atoms with van der Waals surface area (Å²) in [6.45, 7) is 4.50. The molecule has 3 aromatic rings. The zero-order valence-corrected chi connectivity index (χ0v) is 18.2. The van der Waals surface area contributed by atoms with Gasteiger partial charge in [0.15, 0.2) is 0 Å². The van der Waals surface area contributed by atoms with Gasteiger partial charge in [0, 0.05) is 48.1 Å². The minimum absolute atomic E-state index is 0.155. The van der Waals surface area contributed by atoms with E-state index in [1.165, 1.54) is 33.3 Å². The van der Waals surface area contributed by atoms with Crippen LogP contribution in [0.15, 0.2) is 29.2 Å². The van der Waals surface area contributed by atoms with Crippen LogP contribution in [0.25, 0.3) is 22.2 Å². The maximum absolute atomic E-state index is 12.6. The number of carbonyl (C=O) groups is 1. The number of nitrogens with one attached hydrogen (secondary N) is 1. The van der Waals surface area contributed by atoms with Crippen LogP contribution in [-0.4, -0.2) is 15.3 Å². The number of Topliss-reactive ketones (excluding diaryl/α,β-unsaturated/α-hetero) is 1. The zero-order valence-electron chi connectivity index (χ0n) is 18.2. The molecular formula is C26H30N2O2. The van der Waals surface area contributed by atoms with Crippen LogP contribution in [0.2, 0.25) is 0 Å². The van der Waals surface area contributed by atoms with E-state index >= 15 is 0 Å². The van der Waals surface area contributed by atoms with Crippen molar-refractivity contribution in [3.8, 4) is 11.3 Å². The fourth-order valence-corrected chi connectivity index (χ4v) is 5.60. The minimum Gasteiger partial charge on any atom is -0.354 e. The van der Waals surface area contributed by atoms with Gasteiger partial charge in [-0.05, 0) is 72.8 Å². The molecular weight excluding hydrogens is 372 g/mol. The number of aromatic nitrogens is 2. The van der Waals surface area contributed by atoms with Crippen LogP contribution < -0.4 is 5.56 Å². The predicted octanol–water partition coefficient (Wildman–Crippen LogP) is 5.37. The second kappa shape index (κ2) is 7.26. The van der Waals surface area contributed by atoms with Gasteiger partial charge in [0.25, 0.3) is 5.56 Å². The van der Waals surface area contributed by atoms with E-state index in [0.29, 0.717) is 30.5 Å². The Balaban J connectivity index is 1.68. The average molecular weight is 403 g/mol. The molecule has 30 heavy (non-hydrogen) atoms. The Bertz CT molecular complexity index is 1200. The Kier molecular flexibility index (Phi) is 4.68. The number of hydrogen-bond acceptors (Lipinski definition) is 2. The minimum atomic E-state index is 0.155. The molecule has 0 spiro atoms. The molecule has 1 aromatic carbocycles. The molecule has 1 saturated carbocycles. The number of ketones is 1. The molecule has 1 N–H and O–H groups in total. The van der Waals surface area contributed by atoms with Gasteiger partial charge in [-0.25, -0.2) is 0 Å². The van der Waals surface area contributed by atoms with Gasteiger partial charge in [-0.2, -0.15) is 0 Å². The molecule has 0 bridgehead atoms. The Morgan fingerprint density at radius 1 is 1.03 bits per heavy atom. The monoisotopic (exact) mass is 402 g/mol. The first-order valence-corrected chi connectivity index (χ1v) is 11.3. The first-order chi connectivity index (χ1) is 14.4. The second-order valence-electron chi connectivity index (χ2n) is 9.46. The van der Waals surface area contributed by atoms with E-state index in [4.69, 9.17) is 0 Å². The molecule has 0 saturated heterocycles. The lowest BCUT2D eigenvalue weighted by atomic mass is 9.82. The second-order valence-corrected chi connectivity index (χ2v) is 9.46. The topological polar surface area (TPSA) is 54.9 Å². The van der Waals surface area contributed by atoms with Gasteiger partial charge in [-0.3, -0.25) is 9.59 Å². The third kappa shape index (κ3) is 3.05. The van der Waals surface area contributed by atoms with E-state index in [-0.39, 0.29) is 5.56 Å². The van der Waals surface area contributed by atoms with Gasteiger partial charge < -0.3 is 9.55 Å². The average Bonchev–Trinajstić information content (AvgIpc) is 3.36. The van der Waals surface area contributed by atoms with E-state index in [2.05, 4.69) is 37.0 Å². The van der Waals surface area contributed by atoms with Gasteiger partial charge in [0.1, 0.15) is 5.78 Å². The first kappa shape index (κ1) is 19.3. The lowest BCUT2D eigenvalue weighted by Crippen LogP contribution is -2.21. The van der Waals surface area contributed by atoms with Crippen LogP contribution in [0, 0.1) is 0 Å². The molecule has 0 unspecified atom stereocenters. The molecule has 0 atom stereocenters. The molecule has 0 aliphatic heterocycles. The highest BCUT2D eigenvalue weighted by molar-refractivity contribution is 5.92. The Morgan fingerprint density at radius 3 is 2.50 bits per heavy atom. The highest BCUT2D eigenvalue weighted by atomic mass is 16.1. The third-order valence-electron chi connectivity index (χ3n) is 7.17. The van der Waals surface area contributed by atoms with E-state index in [0.717, 1.165) is 43.2 Å². The fraction of sp³-hybridized carbons (Fsp3) is 0.462. The molecule has 2 aliphatic carbocycles. The van der Waals surface area contributed by atoms with Crippen molar-refractivity contribution in [1.82, 2.24) is 9.55 Å². The Morgan fingerprint density at radius 2 is 1.77 bits per heavy atom. The van der Waals surface area contributed by atoms with Gasteiger partial charge in [-0.1, -0.05) is 19.9 Å². The summed E-state index contributed by atoms with van der Waals surface area (Å²) in [5, 5.41) is 1.29. The highest BCUT2D eigenvalue weighted by Crippen LogP contribution is 2.41. The van der Waals surface area contributed by atoms with Crippen LogP contribution in [0.5, 0.6) is 0 Å². The SMILES string of the molecule is CC(C)c1c(-c2cn(C)c(=O)c3c2CCC3)[nH]c2ccc(C3CCC(=O)CC3)cc12. The van der Waals surface area contributed by atoms with Crippen molar-refractivity contribution in [3.05, 3.63) is 57.0 Å². The maximum Gasteiger partial charge on any atom is 0.253 e. The van der Waals surface area contributed by atoms with Crippen molar-refractivity contribution in [2.45, 2.75) is 70.6 Å². The molecule has 2 aliphatic rings. The number of benzene rings is 1. The van der Waals surface area contributed by atoms with Crippen molar-refractivity contribution < 1.29 is 4.79 Å². The normalized spacial score (nSPS) is 17.3. The highest BCUT2D eigenvalue weighted by Gasteiger charge is 2.26. The van der Waals surface area contributed by atoms with Gasteiger partial charge in [-0.15, -0.1) is 0 Å². The maximum atomic E-state index is 12.6. The number of nitrogens with zero attached hydrogens (tertiary/aromatic N) is 1. The molecule has 2 heterocycles. The number of pyridine rings is 1. The van der Waals surface area contributed by atoms with Crippen molar-refractivity contribution in [2.75, 3.05) is 0 Å².